The maximum Gasteiger partial charge on any atom is 0.253 e. The second-order valence-electron chi connectivity index (χ2n) is 7.34. The third-order valence-electron chi connectivity index (χ3n) is 5.20. The van der Waals surface area contributed by atoms with E-state index in [1.807, 2.05) is 11.0 Å². The summed E-state index contributed by atoms with van der Waals surface area (Å²) >= 11 is 0. The molecule has 0 saturated carbocycles. The molecule has 9 nitrogen and oxygen atoms in total. The van der Waals surface area contributed by atoms with Crippen LogP contribution >= 0.6 is 0 Å². The van der Waals surface area contributed by atoms with Crippen molar-refractivity contribution in [3.05, 3.63) is 60.4 Å². The number of amides is 1. The molecule has 1 N–H and O–H groups in total. The molecular formula is C22H25N7O2. The largest absolute Gasteiger partial charge is 0.383 e. The number of hydrogen-bond donors (Lipinski definition) is 1. The second-order valence-corrected chi connectivity index (χ2v) is 7.34. The predicted octanol–water partition coefficient (Wildman–Crippen LogP) is 2.41. The van der Waals surface area contributed by atoms with Crippen LogP contribution in [0.2, 0.25) is 0 Å². The number of carbonyl (C=O) groups excluding carboxylic acids is 1. The molecule has 3 aromatic heterocycles. The molecule has 31 heavy (non-hydrogen) atoms. The zero-order valence-corrected chi connectivity index (χ0v) is 17.4. The Hall–Kier alpha value is -3.46. The van der Waals surface area contributed by atoms with E-state index in [-0.39, 0.29) is 11.8 Å². The molecular weight excluding hydrogens is 394 g/mol. The van der Waals surface area contributed by atoms with Gasteiger partial charge in [-0.1, -0.05) is 0 Å². The van der Waals surface area contributed by atoms with Gasteiger partial charge in [0, 0.05) is 69.1 Å². The van der Waals surface area contributed by atoms with Crippen molar-refractivity contribution in [1.82, 2.24) is 29.8 Å². The van der Waals surface area contributed by atoms with Crippen molar-refractivity contribution in [2.45, 2.75) is 18.8 Å². The molecule has 3 aromatic rings. The van der Waals surface area contributed by atoms with Gasteiger partial charge in [0.2, 0.25) is 0 Å². The molecule has 9 heteroatoms. The number of likely N-dealkylation sites (tertiary alicyclic amines) is 1. The Bertz CT molecular complexity index is 1000. The number of pyridine rings is 1. The lowest BCUT2D eigenvalue weighted by atomic mass is 9.94. The van der Waals surface area contributed by atoms with Crippen LogP contribution in [0.3, 0.4) is 0 Å². The quantitative estimate of drug-likeness (QED) is 0.582. The van der Waals surface area contributed by atoms with Gasteiger partial charge >= 0.3 is 0 Å². The Labute approximate surface area is 181 Å². The summed E-state index contributed by atoms with van der Waals surface area (Å²) in [6.45, 7) is 2.54. The van der Waals surface area contributed by atoms with E-state index in [0.717, 1.165) is 25.1 Å². The van der Waals surface area contributed by atoms with E-state index in [9.17, 15) is 4.79 Å². The third kappa shape index (κ3) is 5.18. The fraction of sp³-hybridized carbons (Fsp3) is 0.364. The van der Waals surface area contributed by atoms with Crippen LogP contribution in [0, 0.1) is 0 Å². The van der Waals surface area contributed by atoms with Gasteiger partial charge in [0.05, 0.1) is 18.5 Å². The molecule has 4 rings (SSSR count). The first-order valence-corrected chi connectivity index (χ1v) is 10.3. The van der Waals surface area contributed by atoms with E-state index in [2.05, 4.69) is 25.3 Å². The van der Waals surface area contributed by atoms with Crippen molar-refractivity contribution in [3.8, 4) is 11.5 Å². The maximum atomic E-state index is 12.9. The molecule has 0 bridgehead atoms. The second kappa shape index (κ2) is 10.0. The smallest absolute Gasteiger partial charge is 0.253 e. The first-order valence-electron chi connectivity index (χ1n) is 10.3. The number of nitrogens with one attached hydrogen (secondary N) is 1. The lowest BCUT2D eigenvalue weighted by Gasteiger charge is -2.32. The van der Waals surface area contributed by atoms with Gasteiger partial charge in [-0.05, 0) is 25.0 Å². The topological polar surface area (TPSA) is 106 Å². The molecule has 1 atom stereocenters. The van der Waals surface area contributed by atoms with E-state index in [0.29, 0.717) is 42.6 Å². The lowest BCUT2D eigenvalue weighted by Crippen LogP contribution is -2.39. The molecule has 4 heterocycles. The Balaban J connectivity index is 1.59. The van der Waals surface area contributed by atoms with Crippen LogP contribution in [0.4, 0.5) is 5.82 Å². The van der Waals surface area contributed by atoms with Gasteiger partial charge in [-0.3, -0.25) is 14.8 Å². The van der Waals surface area contributed by atoms with Crippen LogP contribution in [-0.2, 0) is 4.74 Å². The number of carbonyl (C=O) groups is 1. The fourth-order valence-corrected chi connectivity index (χ4v) is 3.66. The van der Waals surface area contributed by atoms with Gasteiger partial charge < -0.3 is 15.0 Å². The van der Waals surface area contributed by atoms with Crippen molar-refractivity contribution in [2.24, 2.45) is 0 Å². The monoisotopic (exact) mass is 419 g/mol. The molecule has 1 saturated heterocycles. The number of piperidine rings is 1. The van der Waals surface area contributed by atoms with Crippen molar-refractivity contribution >= 4 is 11.7 Å². The average Bonchev–Trinajstić information content (AvgIpc) is 2.85. The van der Waals surface area contributed by atoms with Crippen molar-refractivity contribution in [1.29, 1.82) is 0 Å². The van der Waals surface area contributed by atoms with Crippen LogP contribution in [0.25, 0.3) is 11.5 Å². The van der Waals surface area contributed by atoms with Crippen LogP contribution < -0.4 is 5.32 Å². The summed E-state index contributed by atoms with van der Waals surface area (Å²) in [6.07, 6.45) is 10.0. The highest BCUT2D eigenvalue weighted by Gasteiger charge is 2.27. The molecule has 1 unspecified atom stereocenters. The van der Waals surface area contributed by atoms with E-state index >= 15 is 0 Å². The number of ether oxygens (including phenoxy) is 1. The molecule has 1 aliphatic rings. The van der Waals surface area contributed by atoms with Crippen LogP contribution in [0.5, 0.6) is 0 Å². The number of anilines is 1. The zero-order chi connectivity index (χ0) is 21.5. The van der Waals surface area contributed by atoms with Gasteiger partial charge in [-0.25, -0.2) is 15.0 Å². The molecule has 1 fully saturated rings. The number of hydrogen-bond acceptors (Lipinski definition) is 8. The van der Waals surface area contributed by atoms with Crippen molar-refractivity contribution in [3.63, 3.8) is 0 Å². The highest BCUT2D eigenvalue weighted by molar-refractivity contribution is 5.94. The number of methoxy groups -OCH3 is 1. The van der Waals surface area contributed by atoms with E-state index in [1.165, 1.54) is 0 Å². The van der Waals surface area contributed by atoms with E-state index in [1.54, 1.807) is 50.2 Å². The van der Waals surface area contributed by atoms with Gasteiger partial charge in [-0.2, -0.15) is 0 Å². The molecule has 0 spiro atoms. The fourth-order valence-electron chi connectivity index (χ4n) is 3.66. The summed E-state index contributed by atoms with van der Waals surface area (Å²) in [5.74, 6) is 1.36. The van der Waals surface area contributed by atoms with Crippen molar-refractivity contribution in [2.75, 3.05) is 38.7 Å². The van der Waals surface area contributed by atoms with Gasteiger partial charge in [0.25, 0.3) is 5.91 Å². The highest BCUT2D eigenvalue weighted by Crippen LogP contribution is 2.29. The summed E-state index contributed by atoms with van der Waals surface area (Å²) in [5.41, 5.74) is 2.16. The molecule has 0 aromatic carbocycles. The summed E-state index contributed by atoms with van der Waals surface area (Å²) in [7, 11) is 1.66. The maximum absolute atomic E-state index is 12.9. The summed E-state index contributed by atoms with van der Waals surface area (Å²) in [6, 6.07) is 5.46. The Morgan fingerprint density at radius 1 is 1.19 bits per heavy atom. The summed E-state index contributed by atoms with van der Waals surface area (Å²) in [4.78, 5) is 36.7. The molecule has 0 aliphatic carbocycles. The molecule has 1 amide bonds. The number of aromatic nitrogens is 5. The predicted molar refractivity (Wildman–Crippen MR) is 116 cm³/mol. The molecule has 0 radical (unpaired) electrons. The van der Waals surface area contributed by atoms with Crippen LogP contribution in [0.15, 0.2) is 49.2 Å². The molecule has 160 valence electrons. The van der Waals surface area contributed by atoms with Crippen LogP contribution in [-0.4, -0.2) is 69.1 Å². The first kappa shape index (κ1) is 20.8. The normalized spacial score (nSPS) is 16.2. The van der Waals surface area contributed by atoms with Crippen molar-refractivity contribution < 1.29 is 9.53 Å². The minimum absolute atomic E-state index is 0.0220. The first-order chi connectivity index (χ1) is 15.2. The highest BCUT2D eigenvalue weighted by atomic mass is 16.5. The minimum atomic E-state index is 0.0220. The van der Waals surface area contributed by atoms with Gasteiger partial charge in [0.15, 0.2) is 5.82 Å². The van der Waals surface area contributed by atoms with Crippen LogP contribution in [0.1, 0.15) is 34.8 Å². The SMILES string of the molecule is COCCNc1cc(C2CCCN(C(=O)c3ccncc3)C2)nc(-c2cnccn2)n1. The summed E-state index contributed by atoms with van der Waals surface area (Å²) in [5, 5.41) is 3.28. The zero-order valence-electron chi connectivity index (χ0n) is 17.4. The minimum Gasteiger partial charge on any atom is -0.383 e. The average molecular weight is 419 g/mol. The number of rotatable bonds is 7. The van der Waals surface area contributed by atoms with E-state index in [4.69, 9.17) is 9.72 Å². The third-order valence-corrected chi connectivity index (χ3v) is 5.20. The summed E-state index contributed by atoms with van der Waals surface area (Å²) < 4.78 is 5.13. The van der Waals surface area contributed by atoms with Gasteiger partial charge in [-0.15, -0.1) is 0 Å². The lowest BCUT2D eigenvalue weighted by molar-refractivity contribution is 0.0706. The standard InChI is InChI=1S/C22H25N7O2/c1-31-12-10-26-20-13-18(27-21(28-20)19-14-24-8-9-25-19)17-3-2-11-29(15-17)22(30)16-4-6-23-7-5-16/h4-9,13-14,17H,2-3,10-12,15H2,1H3,(H,26,27,28). The van der Waals surface area contributed by atoms with Gasteiger partial charge in [0.1, 0.15) is 11.5 Å². The number of nitrogens with zero attached hydrogens (tertiary/aromatic N) is 6. The van der Waals surface area contributed by atoms with E-state index < -0.39 is 0 Å². The Kier molecular flexibility index (Phi) is 6.73. The Morgan fingerprint density at radius 3 is 2.84 bits per heavy atom. The Morgan fingerprint density at radius 2 is 2.06 bits per heavy atom. The molecule has 1 aliphatic heterocycles.